The van der Waals surface area contributed by atoms with Crippen LogP contribution in [0.4, 0.5) is 0 Å². The van der Waals surface area contributed by atoms with Crippen LogP contribution in [0.15, 0.2) is 12.4 Å². The first-order chi connectivity index (χ1) is 8.24. The number of nitrogens with zero attached hydrogens (tertiary/aromatic N) is 3. The van der Waals surface area contributed by atoms with Gasteiger partial charge in [-0.05, 0) is 6.26 Å². The number of nitrogens with one attached hydrogen (secondary N) is 1. The van der Waals surface area contributed by atoms with Crippen LogP contribution in [0, 0.1) is 0 Å². The third-order valence-corrected chi connectivity index (χ3v) is 3.52. The molecule has 1 unspecified atom stereocenters. The molecule has 1 atom stereocenters. The Balaban J connectivity index is 0.00000162. The van der Waals surface area contributed by atoms with E-state index in [0.29, 0.717) is 5.75 Å². The number of imidazole rings is 1. The highest BCUT2D eigenvalue weighted by molar-refractivity contribution is 7.99. The maximum atomic E-state index is 12.1. The van der Waals surface area contributed by atoms with Gasteiger partial charge in [0.05, 0.1) is 5.75 Å². The number of rotatable bonds is 3. The minimum absolute atomic E-state index is 0. The second kappa shape index (κ2) is 7.01. The molecule has 0 saturated carbocycles. The summed E-state index contributed by atoms with van der Waals surface area (Å²) in [5.41, 5.74) is 0. The Morgan fingerprint density at radius 2 is 2.44 bits per heavy atom. The van der Waals surface area contributed by atoms with Crippen molar-refractivity contribution in [3.8, 4) is 0 Å². The highest BCUT2D eigenvalue weighted by Crippen LogP contribution is 2.21. The lowest BCUT2D eigenvalue weighted by Crippen LogP contribution is -2.50. The van der Waals surface area contributed by atoms with Crippen LogP contribution in [-0.2, 0) is 11.8 Å². The molecule has 1 aromatic heterocycles. The van der Waals surface area contributed by atoms with Crippen LogP contribution in [0.3, 0.4) is 0 Å². The molecule has 2 heterocycles. The summed E-state index contributed by atoms with van der Waals surface area (Å²) in [7, 11) is 1.97. The fraction of sp³-hybridized carbons (Fsp3) is 0.636. The van der Waals surface area contributed by atoms with Crippen LogP contribution in [0.2, 0.25) is 0 Å². The minimum atomic E-state index is 0. The number of carbonyl (C=O) groups is 1. The van der Waals surface area contributed by atoms with Crippen molar-refractivity contribution in [2.75, 3.05) is 31.6 Å². The molecule has 1 aliphatic rings. The Bertz CT molecular complexity index is 398. The van der Waals surface area contributed by atoms with E-state index in [4.69, 9.17) is 0 Å². The average molecular weight is 291 g/mol. The molecule has 5 nitrogen and oxygen atoms in total. The summed E-state index contributed by atoms with van der Waals surface area (Å²) >= 11 is 1.57. The Morgan fingerprint density at radius 3 is 3.06 bits per heavy atom. The van der Waals surface area contributed by atoms with E-state index in [1.165, 1.54) is 0 Å². The Morgan fingerprint density at radius 1 is 1.67 bits per heavy atom. The Kier molecular flexibility index (Phi) is 5.98. The third-order valence-electron chi connectivity index (χ3n) is 2.99. The molecule has 18 heavy (non-hydrogen) atoms. The maximum absolute atomic E-state index is 12.1. The standard InChI is InChI=1S/C11H18N4OS.ClH/c1-14-5-4-13-11(14)9-7-12-3-6-15(9)10(16)8-17-2;/h4-5,9,12H,3,6-8H2,1-2H3;1H. The molecule has 1 saturated heterocycles. The SMILES string of the molecule is CSCC(=O)N1CCNCC1c1nccn1C.Cl. The molecule has 0 aromatic carbocycles. The van der Waals surface area contributed by atoms with E-state index < -0.39 is 0 Å². The molecule has 7 heteroatoms. The van der Waals surface area contributed by atoms with Gasteiger partial charge < -0.3 is 14.8 Å². The van der Waals surface area contributed by atoms with Gasteiger partial charge in [-0.25, -0.2) is 4.98 Å². The minimum Gasteiger partial charge on any atom is -0.336 e. The smallest absolute Gasteiger partial charge is 0.233 e. The molecule has 0 bridgehead atoms. The molecule has 102 valence electrons. The fourth-order valence-electron chi connectivity index (χ4n) is 2.14. The predicted molar refractivity (Wildman–Crippen MR) is 76.2 cm³/mol. The number of thioether (sulfide) groups is 1. The normalized spacial score (nSPS) is 19.4. The summed E-state index contributed by atoms with van der Waals surface area (Å²) in [5.74, 6) is 1.69. The molecule has 1 fully saturated rings. The maximum Gasteiger partial charge on any atom is 0.233 e. The van der Waals surface area contributed by atoms with Crippen molar-refractivity contribution in [3.05, 3.63) is 18.2 Å². The van der Waals surface area contributed by atoms with Crippen LogP contribution >= 0.6 is 24.2 Å². The Hall–Kier alpha value is -0.720. The lowest BCUT2D eigenvalue weighted by molar-refractivity contribution is -0.131. The summed E-state index contributed by atoms with van der Waals surface area (Å²) in [6.45, 7) is 2.41. The predicted octanol–water partition coefficient (Wildman–Crippen LogP) is 0.678. The van der Waals surface area contributed by atoms with Crippen LogP contribution < -0.4 is 5.32 Å². The van der Waals surface area contributed by atoms with Crippen molar-refractivity contribution in [3.63, 3.8) is 0 Å². The van der Waals surface area contributed by atoms with E-state index in [-0.39, 0.29) is 24.4 Å². The number of aromatic nitrogens is 2. The zero-order valence-electron chi connectivity index (χ0n) is 10.6. The van der Waals surface area contributed by atoms with Gasteiger partial charge in [-0.15, -0.1) is 12.4 Å². The van der Waals surface area contributed by atoms with Crippen LogP contribution in [0.5, 0.6) is 0 Å². The van der Waals surface area contributed by atoms with E-state index in [2.05, 4.69) is 10.3 Å². The average Bonchev–Trinajstić information content (AvgIpc) is 2.76. The number of amides is 1. The molecule has 2 rings (SSSR count). The number of piperazine rings is 1. The van der Waals surface area contributed by atoms with Gasteiger partial charge in [0.15, 0.2) is 0 Å². The molecular formula is C11H19ClN4OS. The van der Waals surface area contributed by atoms with Crippen molar-refractivity contribution in [1.29, 1.82) is 0 Å². The largest absolute Gasteiger partial charge is 0.336 e. The first-order valence-corrected chi connectivity index (χ1v) is 7.09. The molecule has 1 aliphatic heterocycles. The van der Waals surface area contributed by atoms with E-state index in [1.807, 2.05) is 29.0 Å². The molecule has 1 amide bonds. The number of hydrogen-bond donors (Lipinski definition) is 1. The third kappa shape index (κ3) is 3.18. The number of aryl methyl sites for hydroxylation is 1. The highest BCUT2D eigenvalue weighted by Gasteiger charge is 2.29. The summed E-state index contributed by atoms with van der Waals surface area (Å²) in [6, 6.07) is 0.0587. The fourth-order valence-corrected chi connectivity index (χ4v) is 2.55. The monoisotopic (exact) mass is 290 g/mol. The van der Waals surface area contributed by atoms with Gasteiger partial charge in [0.25, 0.3) is 0 Å². The van der Waals surface area contributed by atoms with Crippen molar-refractivity contribution in [2.45, 2.75) is 6.04 Å². The summed E-state index contributed by atoms with van der Waals surface area (Å²) in [5, 5.41) is 3.32. The Labute approximate surface area is 118 Å². The summed E-state index contributed by atoms with van der Waals surface area (Å²) in [4.78, 5) is 18.3. The molecule has 0 aliphatic carbocycles. The van der Waals surface area contributed by atoms with Crippen molar-refractivity contribution < 1.29 is 4.79 Å². The molecule has 1 N–H and O–H groups in total. The van der Waals surface area contributed by atoms with E-state index >= 15 is 0 Å². The number of halogens is 1. The van der Waals surface area contributed by atoms with Gasteiger partial charge in [-0.2, -0.15) is 11.8 Å². The van der Waals surface area contributed by atoms with Gasteiger partial charge in [0.2, 0.25) is 5.91 Å². The summed E-state index contributed by atoms with van der Waals surface area (Å²) in [6.07, 6.45) is 5.65. The lowest BCUT2D eigenvalue weighted by atomic mass is 10.1. The zero-order chi connectivity index (χ0) is 12.3. The highest BCUT2D eigenvalue weighted by atomic mass is 35.5. The molecule has 1 aromatic rings. The van der Waals surface area contributed by atoms with Crippen molar-refractivity contribution in [1.82, 2.24) is 19.8 Å². The van der Waals surface area contributed by atoms with Crippen LogP contribution in [0.25, 0.3) is 0 Å². The van der Waals surface area contributed by atoms with E-state index in [1.54, 1.807) is 18.0 Å². The van der Waals surface area contributed by atoms with E-state index in [9.17, 15) is 4.79 Å². The number of hydrogen-bond acceptors (Lipinski definition) is 4. The zero-order valence-corrected chi connectivity index (χ0v) is 12.3. The van der Waals surface area contributed by atoms with Gasteiger partial charge in [0.1, 0.15) is 11.9 Å². The molecule has 0 spiro atoms. The van der Waals surface area contributed by atoms with Gasteiger partial charge >= 0.3 is 0 Å². The van der Waals surface area contributed by atoms with E-state index in [0.717, 1.165) is 25.5 Å². The first-order valence-electron chi connectivity index (χ1n) is 5.70. The molecular weight excluding hydrogens is 272 g/mol. The lowest BCUT2D eigenvalue weighted by Gasteiger charge is -2.35. The van der Waals surface area contributed by atoms with Crippen molar-refractivity contribution >= 4 is 30.1 Å². The molecule has 0 radical (unpaired) electrons. The second-order valence-electron chi connectivity index (χ2n) is 4.14. The second-order valence-corrected chi connectivity index (χ2v) is 5.00. The van der Waals surface area contributed by atoms with Crippen molar-refractivity contribution in [2.24, 2.45) is 7.05 Å². The van der Waals surface area contributed by atoms with Crippen LogP contribution in [0.1, 0.15) is 11.9 Å². The van der Waals surface area contributed by atoms with Gasteiger partial charge in [0, 0.05) is 39.1 Å². The van der Waals surface area contributed by atoms with Gasteiger partial charge in [-0.1, -0.05) is 0 Å². The topological polar surface area (TPSA) is 50.2 Å². The summed E-state index contributed by atoms with van der Waals surface area (Å²) < 4.78 is 1.98. The van der Waals surface area contributed by atoms with Gasteiger partial charge in [-0.3, -0.25) is 4.79 Å². The number of carbonyl (C=O) groups excluding carboxylic acids is 1. The van der Waals surface area contributed by atoms with Crippen LogP contribution in [-0.4, -0.2) is 52.0 Å². The first kappa shape index (κ1) is 15.3. The quantitative estimate of drug-likeness (QED) is 0.889.